The summed E-state index contributed by atoms with van der Waals surface area (Å²) in [6.45, 7) is 2.57. The second kappa shape index (κ2) is 11.3. The molecule has 1 atom stereocenters. The second-order valence-electron chi connectivity index (χ2n) is 6.49. The van der Waals surface area contributed by atoms with Gasteiger partial charge in [0.05, 0.1) is 23.7 Å². The van der Waals surface area contributed by atoms with E-state index in [0.717, 1.165) is 17.3 Å². The number of amidine groups is 1. The maximum Gasteiger partial charge on any atom is 0.305 e. The standard InChI is InChI=1S/C21H19BrClN3O5S/c1-2-30-16-8-12(10-24-26-21-25-20(29)17(32-21)9-18(27)28)7-14(22)19(16)31-11-13-5-3-4-6-15(13)23/h3-8,10,17H,2,9,11H2,1H3,(H,27,28)(H,25,26,29). The number of carboxylic acid groups (broad SMARTS) is 1. The highest BCUT2D eigenvalue weighted by Crippen LogP contribution is 2.37. The Morgan fingerprint density at radius 2 is 2.12 bits per heavy atom. The van der Waals surface area contributed by atoms with Gasteiger partial charge >= 0.3 is 5.97 Å². The van der Waals surface area contributed by atoms with Crippen LogP contribution in [0.15, 0.2) is 51.1 Å². The van der Waals surface area contributed by atoms with E-state index in [4.69, 9.17) is 26.2 Å². The van der Waals surface area contributed by atoms with Crippen LogP contribution in [0.5, 0.6) is 11.5 Å². The van der Waals surface area contributed by atoms with Gasteiger partial charge in [-0.2, -0.15) is 5.10 Å². The number of thioether (sulfide) groups is 1. The summed E-state index contributed by atoms with van der Waals surface area (Å²) in [6.07, 6.45) is 1.22. The molecule has 1 aliphatic rings. The van der Waals surface area contributed by atoms with Crippen LogP contribution in [0.4, 0.5) is 0 Å². The molecule has 1 amide bonds. The highest BCUT2D eigenvalue weighted by Gasteiger charge is 2.32. The molecule has 0 saturated carbocycles. The number of carboxylic acids is 1. The van der Waals surface area contributed by atoms with Crippen LogP contribution in [0, 0.1) is 0 Å². The van der Waals surface area contributed by atoms with E-state index in [0.29, 0.717) is 33.2 Å². The van der Waals surface area contributed by atoms with Crippen molar-refractivity contribution in [1.82, 2.24) is 5.32 Å². The van der Waals surface area contributed by atoms with Gasteiger partial charge in [-0.15, -0.1) is 5.10 Å². The predicted octanol–water partition coefficient (Wildman–Crippen LogP) is 4.48. The molecule has 32 heavy (non-hydrogen) atoms. The molecule has 168 valence electrons. The lowest BCUT2D eigenvalue weighted by molar-refractivity contribution is -0.138. The predicted molar refractivity (Wildman–Crippen MR) is 128 cm³/mol. The van der Waals surface area contributed by atoms with E-state index in [-0.39, 0.29) is 18.2 Å². The first-order valence-corrected chi connectivity index (χ1v) is 11.5. The van der Waals surface area contributed by atoms with E-state index < -0.39 is 17.1 Å². The van der Waals surface area contributed by atoms with Gasteiger partial charge in [0.1, 0.15) is 11.9 Å². The fourth-order valence-electron chi connectivity index (χ4n) is 2.72. The Kier molecular flexibility index (Phi) is 8.54. The van der Waals surface area contributed by atoms with Gasteiger partial charge in [0.2, 0.25) is 5.91 Å². The average Bonchev–Trinajstić information content (AvgIpc) is 3.07. The van der Waals surface area contributed by atoms with E-state index >= 15 is 0 Å². The second-order valence-corrected chi connectivity index (χ2v) is 8.94. The number of hydrogen-bond acceptors (Lipinski definition) is 7. The molecule has 2 N–H and O–H groups in total. The minimum Gasteiger partial charge on any atom is -0.490 e. The molecule has 1 fully saturated rings. The zero-order valence-electron chi connectivity index (χ0n) is 16.9. The quantitative estimate of drug-likeness (QED) is 0.359. The summed E-state index contributed by atoms with van der Waals surface area (Å²) in [4.78, 5) is 22.6. The first kappa shape index (κ1) is 24.1. The number of carbonyl (C=O) groups is 2. The van der Waals surface area contributed by atoms with Gasteiger partial charge in [0.25, 0.3) is 0 Å². The number of nitrogens with zero attached hydrogens (tertiary/aromatic N) is 2. The highest BCUT2D eigenvalue weighted by atomic mass is 79.9. The van der Waals surface area contributed by atoms with Crippen molar-refractivity contribution in [3.63, 3.8) is 0 Å². The molecule has 1 saturated heterocycles. The van der Waals surface area contributed by atoms with Gasteiger partial charge < -0.3 is 19.9 Å². The third-order valence-electron chi connectivity index (χ3n) is 4.15. The molecule has 11 heteroatoms. The Balaban J connectivity index is 1.73. The number of rotatable bonds is 9. The lowest BCUT2D eigenvalue weighted by Gasteiger charge is -2.15. The van der Waals surface area contributed by atoms with Crippen LogP contribution < -0.4 is 14.8 Å². The third kappa shape index (κ3) is 6.47. The van der Waals surface area contributed by atoms with E-state index in [1.54, 1.807) is 18.2 Å². The average molecular weight is 541 g/mol. The molecule has 0 aliphatic carbocycles. The number of hydrogen-bond donors (Lipinski definition) is 2. The zero-order chi connectivity index (χ0) is 23.1. The molecule has 2 aromatic carbocycles. The largest absolute Gasteiger partial charge is 0.490 e. The fourth-order valence-corrected chi connectivity index (χ4v) is 4.40. The van der Waals surface area contributed by atoms with Crippen molar-refractivity contribution < 1.29 is 24.2 Å². The van der Waals surface area contributed by atoms with Gasteiger partial charge in [-0.3, -0.25) is 9.59 Å². The van der Waals surface area contributed by atoms with Crippen LogP contribution >= 0.6 is 39.3 Å². The molecular weight excluding hydrogens is 522 g/mol. The van der Waals surface area contributed by atoms with Crippen LogP contribution in [0.3, 0.4) is 0 Å². The molecule has 8 nitrogen and oxygen atoms in total. The Labute approximate surface area is 202 Å². The third-order valence-corrected chi connectivity index (χ3v) is 6.18. The summed E-state index contributed by atoms with van der Waals surface area (Å²) in [5, 5.41) is 19.5. The molecular formula is C21H19BrClN3O5S. The molecule has 0 aromatic heterocycles. The van der Waals surface area contributed by atoms with Gasteiger partial charge in [-0.1, -0.05) is 41.6 Å². The smallest absolute Gasteiger partial charge is 0.305 e. The highest BCUT2D eigenvalue weighted by molar-refractivity contribution is 9.10. The topological polar surface area (TPSA) is 110 Å². The van der Waals surface area contributed by atoms with Crippen molar-refractivity contribution in [2.24, 2.45) is 10.2 Å². The number of nitrogens with one attached hydrogen (secondary N) is 1. The van der Waals surface area contributed by atoms with Crippen LogP contribution in [0.25, 0.3) is 0 Å². The van der Waals surface area contributed by atoms with E-state index in [1.165, 1.54) is 6.21 Å². The number of benzene rings is 2. The Morgan fingerprint density at radius 1 is 1.34 bits per heavy atom. The maximum absolute atomic E-state index is 11.8. The number of aliphatic carboxylic acids is 1. The van der Waals surface area contributed by atoms with Crippen molar-refractivity contribution >= 4 is 62.6 Å². The Morgan fingerprint density at radius 3 is 2.84 bits per heavy atom. The van der Waals surface area contributed by atoms with Crippen molar-refractivity contribution in [1.29, 1.82) is 0 Å². The SMILES string of the molecule is CCOc1cc(C=NN=C2NC(=O)C(CC(=O)O)S2)cc(Br)c1OCc1ccccc1Cl. The molecule has 1 unspecified atom stereocenters. The molecule has 0 bridgehead atoms. The van der Waals surface area contributed by atoms with Crippen molar-refractivity contribution in [3.8, 4) is 11.5 Å². The van der Waals surface area contributed by atoms with Gasteiger partial charge in [0.15, 0.2) is 16.7 Å². The maximum atomic E-state index is 11.8. The van der Waals surface area contributed by atoms with Gasteiger partial charge in [-0.05, 0) is 46.6 Å². The first-order valence-electron chi connectivity index (χ1n) is 9.50. The molecule has 3 rings (SSSR count). The molecule has 0 spiro atoms. The summed E-state index contributed by atoms with van der Waals surface area (Å²) in [5.41, 5.74) is 1.54. The number of amides is 1. The van der Waals surface area contributed by atoms with Crippen LogP contribution in [-0.2, 0) is 16.2 Å². The van der Waals surface area contributed by atoms with E-state index in [2.05, 4.69) is 31.4 Å². The van der Waals surface area contributed by atoms with Crippen LogP contribution in [0.1, 0.15) is 24.5 Å². The lowest BCUT2D eigenvalue weighted by atomic mass is 10.2. The van der Waals surface area contributed by atoms with E-state index in [1.807, 2.05) is 25.1 Å². The molecule has 1 aliphatic heterocycles. The fraction of sp³-hybridized carbons (Fsp3) is 0.238. The number of halogens is 2. The number of carbonyl (C=O) groups excluding carboxylic acids is 1. The van der Waals surface area contributed by atoms with Crippen molar-refractivity contribution in [2.75, 3.05) is 6.61 Å². The number of ether oxygens (including phenoxy) is 2. The molecule has 1 heterocycles. The monoisotopic (exact) mass is 539 g/mol. The van der Waals surface area contributed by atoms with E-state index in [9.17, 15) is 9.59 Å². The summed E-state index contributed by atoms with van der Waals surface area (Å²) in [7, 11) is 0. The minimum atomic E-state index is -1.05. The normalized spacial score (nSPS) is 17.0. The van der Waals surface area contributed by atoms with Gasteiger partial charge in [0, 0.05) is 10.6 Å². The van der Waals surface area contributed by atoms with Gasteiger partial charge in [-0.25, -0.2) is 0 Å². The van der Waals surface area contributed by atoms with Crippen molar-refractivity contribution in [2.45, 2.75) is 25.2 Å². The Hall–Kier alpha value is -2.56. The summed E-state index contributed by atoms with van der Waals surface area (Å²) < 4.78 is 12.3. The molecule has 2 aromatic rings. The zero-order valence-corrected chi connectivity index (χ0v) is 20.0. The Bertz CT molecular complexity index is 1080. The molecule has 0 radical (unpaired) electrons. The van der Waals surface area contributed by atoms with Crippen LogP contribution in [0.2, 0.25) is 5.02 Å². The van der Waals surface area contributed by atoms with Crippen LogP contribution in [-0.4, -0.2) is 40.2 Å². The first-order chi connectivity index (χ1) is 15.4. The summed E-state index contributed by atoms with van der Waals surface area (Å²) >= 11 is 10.7. The van der Waals surface area contributed by atoms with Crippen molar-refractivity contribution in [3.05, 3.63) is 57.0 Å². The summed E-state index contributed by atoms with van der Waals surface area (Å²) in [6, 6.07) is 11.0. The minimum absolute atomic E-state index is 0.251. The lowest BCUT2D eigenvalue weighted by Crippen LogP contribution is -2.26. The summed E-state index contributed by atoms with van der Waals surface area (Å²) in [5.74, 6) is -0.390.